The molecule has 1 amide bonds. The van der Waals surface area contributed by atoms with Gasteiger partial charge < -0.3 is 19.1 Å². The van der Waals surface area contributed by atoms with Crippen molar-refractivity contribution in [3.63, 3.8) is 0 Å². The van der Waals surface area contributed by atoms with Crippen molar-refractivity contribution in [1.29, 1.82) is 0 Å². The summed E-state index contributed by atoms with van der Waals surface area (Å²) in [6, 6.07) is 24.3. The van der Waals surface area contributed by atoms with Gasteiger partial charge in [0.2, 0.25) is 0 Å². The number of likely N-dealkylation sites (tertiary alicyclic amines) is 1. The lowest BCUT2D eigenvalue weighted by atomic mass is 10.0. The molecule has 6 nitrogen and oxygen atoms in total. The first-order valence-corrected chi connectivity index (χ1v) is 12.1. The van der Waals surface area contributed by atoms with Crippen LogP contribution in [0.1, 0.15) is 29.5 Å². The predicted octanol–water partition coefficient (Wildman–Crippen LogP) is 5.02. The Hall–Kier alpha value is -4.06. The van der Waals surface area contributed by atoms with Gasteiger partial charge in [-0.1, -0.05) is 66.7 Å². The van der Waals surface area contributed by atoms with Crippen LogP contribution in [0.5, 0.6) is 11.5 Å². The molecule has 1 aliphatic rings. The first-order chi connectivity index (χ1) is 17.6. The predicted molar refractivity (Wildman–Crippen MR) is 140 cm³/mol. The van der Waals surface area contributed by atoms with Crippen LogP contribution in [0.3, 0.4) is 0 Å². The Bertz CT molecular complexity index is 1210. The molecule has 0 aromatic heterocycles. The molecule has 1 heterocycles. The standard InChI is InChI=1S/C30H31NO5/c1-34-27-16-15-23(21-28(27)35-2)17-19-36-30(33)26-14-9-18-31(26)29(32)25(24-12-7-4-8-13-24)20-22-10-5-3-6-11-22/h3-8,10-13,15-16,20-21,26H,9,14,17-19H2,1-2H3/b25-20+/t26-/m0/s1. The molecule has 0 unspecified atom stereocenters. The maximum absolute atomic E-state index is 13.7. The van der Waals surface area contributed by atoms with Crippen LogP contribution in [0.25, 0.3) is 11.6 Å². The molecule has 1 aliphatic heterocycles. The molecule has 3 aromatic rings. The van der Waals surface area contributed by atoms with Crippen LogP contribution in [0.4, 0.5) is 0 Å². The summed E-state index contributed by atoms with van der Waals surface area (Å²) in [6.07, 6.45) is 3.77. The second kappa shape index (κ2) is 12.1. The van der Waals surface area contributed by atoms with Gasteiger partial charge in [0.1, 0.15) is 6.04 Å². The van der Waals surface area contributed by atoms with Gasteiger partial charge in [-0.05, 0) is 47.7 Å². The summed E-state index contributed by atoms with van der Waals surface area (Å²) in [4.78, 5) is 28.4. The number of carbonyl (C=O) groups is 2. The van der Waals surface area contributed by atoms with Crippen molar-refractivity contribution >= 4 is 23.5 Å². The van der Waals surface area contributed by atoms with E-state index in [-0.39, 0.29) is 18.5 Å². The Morgan fingerprint density at radius 3 is 2.31 bits per heavy atom. The molecular weight excluding hydrogens is 454 g/mol. The first kappa shape index (κ1) is 25.0. The summed E-state index contributed by atoms with van der Waals surface area (Å²) in [5.74, 6) is 0.751. The average Bonchev–Trinajstić information content (AvgIpc) is 3.42. The normalized spacial score (nSPS) is 15.4. The van der Waals surface area contributed by atoms with Crippen LogP contribution in [-0.2, 0) is 20.7 Å². The van der Waals surface area contributed by atoms with Crippen LogP contribution < -0.4 is 9.47 Å². The van der Waals surface area contributed by atoms with E-state index in [4.69, 9.17) is 14.2 Å². The summed E-state index contributed by atoms with van der Waals surface area (Å²) < 4.78 is 16.2. The van der Waals surface area contributed by atoms with Gasteiger partial charge in [-0.2, -0.15) is 0 Å². The maximum atomic E-state index is 13.7. The van der Waals surface area contributed by atoms with Crippen molar-refractivity contribution < 1.29 is 23.8 Å². The molecule has 1 fully saturated rings. The molecule has 3 aromatic carbocycles. The minimum Gasteiger partial charge on any atom is -0.493 e. The molecule has 36 heavy (non-hydrogen) atoms. The van der Waals surface area contributed by atoms with Crippen molar-refractivity contribution in [3.8, 4) is 11.5 Å². The average molecular weight is 486 g/mol. The first-order valence-electron chi connectivity index (χ1n) is 12.1. The van der Waals surface area contributed by atoms with Crippen LogP contribution in [-0.4, -0.2) is 50.2 Å². The van der Waals surface area contributed by atoms with E-state index in [1.807, 2.05) is 84.9 Å². The summed E-state index contributed by atoms with van der Waals surface area (Å²) in [6.45, 7) is 0.742. The highest BCUT2D eigenvalue weighted by atomic mass is 16.5. The Morgan fingerprint density at radius 2 is 1.61 bits per heavy atom. The number of hydrogen-bond acceptors (Lipinski definition) is 5. The molecule has 0 N–H and O–H groups in total. The van der Waals surface area contributed by atoms with Crippen molar-refractivity contribution in [1.82, 2.24) is 4.90 Å². The van der Waals surface area contributed by atoms with Gasteiger partial charge in [0.05, 0.1) is 20.8 Å². The second-order valence-electron chi connectivity index (χ2n) is 8.60. The smallest absolute Gasteiger partial charge is 0.328 e. The molecule has 1 atom stereocenters. The molecule has 6 heteroatoms. The fourth-order valence-electron chi connectivity index (χ4n) is 4.41. The highest BCUT2D eigenvalue weighted by Gasteiger charge is 2.36. The molecule has 4 rings (SSSR count). The van der Waals surface area contributed by atoms with Gasteiger partial charge in [0.15, 0.2) is 11.5 Å². The number of hydrogen-bond donors (Lipinski definition) is 0. The Labute approximate surface area is 212 Å². The van der Waals surface area contributed by atoms with Gasteiger partial charge in [-0.25, -0.2) is 4.79 Å². The summed E-state index contributed by atoms with van der Waals surface area (Å²) in [5, 5.41) is 0. The molecule has 1 saturated heterocycles. The lowest BCUT2D eigenvalue weighted by Gasteiger charge is -2.25. The lowest BCUT2D eigenvalue weighted by Crippen LogP contribution is -2.42. The molecule has 0 aliphatic carbocycles. The van der Waals surface area contributed by atoms with Gasteiger partial charge >= 0.3 is 5.97 Å². The third kappa shape index (κ3) is 5.95. The molecule has 0 bridgehead atoms. The van der Waals surface area contributed by atoms with Crippen LogP contribution in [0.2, 0.25) is 0 Å². The Kier molecular flexibility index (Phi) is 8.40. The topological polar surface area (TPSA) is 65.1 Å². The number of benzene rings is 3. The fraction of sp³-hybridized carbons (Fsp3) is 0.267. The molecule has 0 spiro atoms. The molecule has 0 radical (unpaired) electrons. The summed E-state index contributed by atoms with van der Waals surface area (Å²) in [5.41, 5.74) is 3.28. The summed E-state index contributed by atoms with van der Waals surface area (Å²) in [7, 11) is 3.18. The summed E-state index contributed by atoms with van der Waals surface area (Å²) >= 11 is 0. The quantitative estimate of drug-likeness (QED) is 0.242. The van der Waals surface area contributed by atoms with Gasteiger partial charge in [0.25, 0.3) is 5.91 Å². The van der Waals surface area contributed by atoms with Crippen molar-refractivity contribution in [2.24, 2.45) is 0 Å². The highest BCUT2D eigenvalue weighted by Crippen LogP contribution is 2.29. The van der Waals surface area contributed by atoms with Crippen molar-refractivity contribution in [2.45, 2.75) is 25.3 Å². The molecular formula is C30H31NO5. The largest absolute Gasteiger partial charge is 0.493 e. The van der Waals surface area contributed by atoms with E-state index >= 15 is 0 Å². The monoisotopic (exact) mass is 485 g/mol. The Balaban J connectivity index is 1.45. The minimum atomic E-state index is -0.592. The van der Waals surface area contributed by atoms with Gasteiger partial charge in [-0.15, -0.1) is 0 Å². The van der Waals surface area contributed by atoms with Crippen LogP contribution >= 0.6 is 0 Å². The number of nitrogens with zero attached hydrogens (tertiary/aromatic N) is 1. The van der Waals surface area contributed by atoms with E-state index in [0.717, 1.165) is 23.1 Å². The zero-order chi connectivity index (χ0) is 25.3. The number of ether oxygens (including phenoxy) is 3. The molecule has 186 valence electrons. The third-order valence-electron chi connectivity index (χ3n) is 6.29. The van der Waals surface area contributed by atoms with E-state index in [2.05, 4.69) is 0 Å². The maximum Gasteiger partial charge on any atom is 0.328 e. The van der Waals surface area contributed by atoms with E-state index in [1.165, 1.54) is 0 Å². The van der Waals surface area contributed by atoms with E-state index < -0.39 is 6.04 Å². The lowest BCUT2D eigenvalue weighted by molar-refractivity contribution is -0.151. The van der Waals surface area contributed by atoms with Gasteiger partial charge in [0, 0.05) is 18.5 Å². The van der Waals surface area contributed by atoms with Crippen LogP contribution in [0, 0.1) is 0 Å². The zero-order valence-electron chi connectivity index (χ0n) is 20.7. The van der Waals surface area contributed by atoms with Crippen molar-refractivity contribution in [3.05, 3.63) is 95.6 Å². The van der Waals surface area contributed by atoms with Crippen molar-refractivity contribution in [2.75, 3.05) is 27.4 Å². The number of amides is 1. The number of rotatable bonds is 9. The van der Waals surface area contributed by atoms with E-state index in [0.29, 0.717) is 36.5 Å². The highest BCUT2D eigenvalue weighted by molar-refractivity contribution is 6.24. The fourth-order valence-corrected chi connectivity index (χ4v) is 4.41. The SMILES string of the molecule is COc1ccc(CCOC(=O)[C@@H]2CCCN2C(=O)/C(=C/c2ccccc2)c2ccccc2)cc1OC. The van der Waals surface area contributed by atoms with E-state index in [1.54, 1.807) is 19.1 Å². The number of methoxy groups -OCH3 is 2. The molecule has 0 saturated carbocycles. The van der Waals surface area contributed by atoms with Gasteiger partial charge in [-0.3, -0.25) is 4.79 Å². The third-order valence-corrected chi connectivity index (χ3v) is 6.29. The zero-order valence-corrected chi connectivity index (χ0v) is 20.7. The number of carbonyl (C=O) groups excluding carboxylic acids is 2. The Morgan fingerprint density at radius 1 is 0.917 bits per heavy atom. The second-order valence-corrected chi connectivity index (χ2v) is 8.60. The minimum absolute atomic E-state index is 0.163. The number of esters is 1. The van der Waals surface area contributed by atoms with Crippen LogP contribution in [0.15, 0.2) is 78.9 Å². The van der Waals surface area contributed by atoms with E-state index in [9.17, 15) is 9.59 Å².